The van der Waals surface area contributed by atoms with E-state index >= 15 is 0 Å². The Bertz CT molecular complexity index is 670. The number of nitrogens with one attached hydrogen (secondary N) is 1. The van der Waals surface area contributed by atoms with Crippen LogP contribution in [-0.4, -0.2) is 25.7 Å². The van der Waals surface area contributed by atoms with Gasteiger partial charge in [-0.2, -0.15) is 0 Å². The first kappa shape index (κ1) is 15.5. The van der Waals surface area contributed by atoms with Gasteiger partial charge in [0.15, 0.2) is 6.61 Å². The first-order chi connectivity index (χ1) is 10.6. The van der Waals surface area contributed by atoms with Crippen LogP contribution in [-0.2, 0) is 14.3 Å². The van der Waals surface area contributed by atoms with Crippen LogP contribution in [0.5, 0.6) is 0 Å². The maximum absolute atomic E-state index is 12.9. The lowest BCUT2D eigenvalue weighted by molar-refractivity contribution is -0.144. The number of methoxy groups -OCH3 is 1. The quantitative estimate of drug-likeness (QED) is 0.860. The highest BCUT2D eigenvalue weighted by molar-refractivity contribution is 5.97. The molecular weight excluding hydrogens is 289 g/mol. The predicted molar refractivity (Wildman–Crippen MR) is 78.4 cm³/mol. The summed E-state index contributed by atoms with van der Waals surface area (Å²) < 4.78 is 22.2. The summed E-state index contributed by atoms with van der Waals surface area (Å²) in [4.78, 5) is 23.0. The van der Waals surface area contributed by atoms with E-state index in [1.165, 1.54) is 19.2 Å². The van der Waals surface area contributed by atoms with Gasteiger partial charge >= 0.3 is 11.9 Å². The largest absolute Gasteiger partial charge is 0.466 e. The molecule has 0 aliphatic heterocycles. The van der Waals surface area contributed by atoms with Gasteiger partial charge in [-0.05, 0) is 36.4 Å². The molecule has 0 spiro atoms. The lowest BCUT2D eigenvalue weighted by atomic mass is 10.1. The molecular formula is C16H14FNO4. The number of rotatable bonds is 5. The van der Waals surface area contributed by atoms with E-state index < -0.39 is 18.5 Å². The average molecular weight is 303 g/mol. The van der Waals surface area contributed by atoms with E-state index in [1.807, 2.05) is 0 Å². The van der Waals surface area contributed by atoms with Crippen molar-refractivity contribution in [1.29, 1.82) is 0 Å². The number of halogens is 1. The molecule has 0 fully saturated rings. The van der Waals surface area contributed by atoms with Crippen LogP contribution in [0.3, 0.4) is 0 Å². The second kappa shape index (κ2) is 7.21. The van der Waals surface area contributed by atoms with Crippen LogP contribution < -0.4 is 5.32 Å². The standard InChI is InChI=1S/C16H14FNO4/c1-21-15(19)10-22-16(20)13-4-2-3-5-14(13)18-12-8-6-11(17)7-9-12/h2-9,18H,10H2,1H3. The molecule has 1 N–H and O–H groups in total. The molecule has 5 nitrogen and oxygen atoms in total. The molecule has 2 aromatic carbocycles. The first-order valence-corrected chi connectivity index (χ1v) is 6.45. The SMILES string of the molecule is COC(=O)COC(=O)c1ccccc1Nc1ccc(F)cc1. The highest BCUT2D eigenvalue weighted by Crippen LogP contribution is 2.21. The molecule has 22 heavy (non-hydrogen) atoms. The first-order valence-electron chi connectivity index (χ1n) is 6.45. The molecule has 0 aliphatic carbocycles. The minimum Gasteiger partial charge on any atom is -0.466 e. The molecule has 0 heterocycles. The number of carbonyl (C=O) groups excluding carboxylic acids is 2. The van der Waals surface area contributed by atoms with Crippen molar-refractivity contribution in [3.63, 3.8) is 0 Å². The highest BCUT2D eigenvalue weighted by Gasteiger charge is 2.14. The molecule has 114 valence electrons. The molecule has 0 unspecified atom stereocenters. The lowest BCUT2D eigenvalue weighted by Gasteiger charge is -2.11. The smallest absolute Gasteiger partial charge is 0.344 e. The maximum atomic E-state index is 12.9. The van der Waals surface area contributed by atoms with Gasteiger partial charge in [0.1, 0.15) is 5.82 Å². The van der Waals surface area contributed by atoms with Gasteiger partial charge in [0.25, 0.3) is 0 Å². The zero-order valence-electron chi connectivity index (χ0n) is 11.8. The normalized spacial score (nSPS) is 9.91. The van der Waals surface area contributed by atoms with Crippen molar-refractivity contribution in [2.24, 2.45) is 0 Å². The Morgan fingerprint density at radius 1 is 1.09 bits per heavy atom. The Balaban J connectivity index is 2.14. The third kappa shape index (κ3) is 4.05. The van der Waals surface area contributed by atoms with Gasteiger partial charge < -0.3 is 14.8 Å². The maximum Gasteiger partial charge on any atom is 0.344 e. The van der Waals surface area contributed by atoms with E-state index in [-0.39, 0.29) is 11.4 Å². The van der Waals surface area contributed by atoms with Gasteiger partial charge in [-0.15, -0.1) is 0 Å². The molecule has 0 saturated heterocycles. The summed E-state index contributed by atoms with van der Waals surface area (Å²) in [7, 11) is 1.21. The van der Waals surface area contributed by atoms with Gasteiger partial charge in [0, 0.05) is 5.69 Å². The number of benzene rings is 2. The second-order valence-electron chi connectivity index (χ2n) is 4.33. The summed E-state index contributed by atoms with van der Waals surface area (Å²) in [5.74, 6) is -1.65. The van der Waals surface area contributed by atoms with E-state index in [1.54, 1.807) is 36.4 Å². The molecule has 0 atom stereocenters. The molecule has 2 rings (SSSR count). The van der Waals surface area contributed by atoms with Crippen LogP contribution in [0.4, 0.5) is 15.8 Å². The van der Waals surface area contributed by atoms with Crippen LogP contribution in [0.1, 0.15) is 10.4 Å². The Hall–Kier alpha value is -2.89. The third-order valence-corrected chi connectivity index (χ3v) is 2.82. The number of hydrogen-bond acceptors (Lipinski definition) is 5. The van der Waals surface area contributed by atoms with Crippen molar-refractivity contribution in [3.05, 3.63) is 59.9 Å². The highest BCUT2D eigenvalue weighted by atomic mass is 19.1. The second-order valence-corrected chi connectivity index (χ2v) is 4.33. The van der Waals surface area contributed by atoms with Crippen molar-refractivity contribution < 1.29 is 23.5 Å². The minimum absolute atomic E-state index is 0.260. The lowest BCUT2D eigenvalue weighted by Crippen LogP contribution is -2.16. The van der Waals surface area contributed by atoms with Crippen molar-refractivity contribution in [2.45, 2.75) is 0 Å². The number of ether oxygens (including phenoxy) is 2. The van der Waals surface area contributed by atoms with Gasteiger partial charge in [-0.25, -0.2) is 14.0 Å². The van der Waals surface area contributed by atoms with Crippen LogP contribution in [0.15, 0.2) is 48.5 Å². The number of esters is 2. The van der Waals surface area contributed by atoms with Gasteiger partial charge in [0.05, 0.1) is 18.4 Å². The van der Waals surface area contributed by atoms with Gasteiger partial charge in [0.2, 0.25) is 0 Å². The molecule has 0 bridgehead atoms. The summed E-state index contributed by atoms with van der Waals surface area (Å²) in [6.45, 7) is -0.458. The van der Waals surface area contributed by atoms with Crippen LogP contribution in [0, 0.1) is 5.82 Å². The summed E-state index contributed by atoms with van der Waals surface area (Å²) >= 11 is 0. The zero-order chi connectivity index (χ0) is 15.9. The van der Waals surface area contributed by atoms with Crippen molar-refractivity contribution >= 4 is 23.3 Å². The monoisotopic (exact) mass is 303 g/mol. The van der Waals surface area contributed by atoms with Gasteiger partial charge in [-0.3, -0.25) is 0 Å². The van der Waals surface area contributed by atoms with E-state index in [2.05, 4.69) is 10.1 Å². The van der Waals surface area contributed by atoms with E-state index in [4.69, 9.17) is 4.74 Å². The fourth-order valence-corrected chi connectivity index (χ4v) is 1.72. The Labute approximate surface area is 126 Å². The Kier molecular flexibility index (Phi) is 5.08. The molecule has 6 heteroatoms. The van der Waals surface area contributed by atoms with Crippen LogP contribution in [0.25, 0.3) is 0 Å². The van der Waals surface area contributed by atoms with Crippen LogP contribution >= 0.6 is 0 Å². The molecule has 0 amide bonds. The van der Waals surface area contributed by atoms with Crippen molar-refractivity contribution in [1.82, 2.24) is 0 Å². The number of anilines is 2. The Morgan fingerprint density at radius 2 is 1.77 bits per heavy atom. The number of hydrogen-bond donors (Lipinski definition) is 1. The predicted octanol–water partition coefficient (Wildman–Crippen LogP) is 2.90. The fourth-order valence-electron chi connectivity index (χ4n) is 1.72. The summed E-state index contributed by atoms with van der Waals surface area (Å²) in [6, 6.07) is 12.4. The van der Waals surface area contributed by atoms with E-state index in [9.17, 15) is 14.0 Å². The number of para-hydroxylation sites is 1. The summed E-state index contributed by atoms with van der Waals surface area (Å²) in [5.41, 5.74) is 1.37. The van der Waals surface area contributed by atoms with Crippen LogP contribution in [0.2, 0.25) is 0 Å². The summed E-state index contributed by atoms with van der Waals surface area (Å²) in [6.07, 6.45) is 0. The Morgan fingerprint density at radius 3 is 2.45 bits per heavy atom. The van der Waals surface area contributed by atoms with E-state index in [0.29, 0.717) is 11.4 Å². The average Bonchev–Trinajstić information content (AvgIpc) is 2.55. The third-order valence-electron chi connectivity index (χ3n) is 2.82. The number of carbonyl (C=O) groups is 2. The topological polar surface area (TPSA) is 64.6 Å². The molecule has 0 saturated carbocycles. The molecule has 0 radical (unpaired) electrons. The molecule has 0 aliphatic rings. The van der Waals surface area contributed by atoms with E-state index in [0.717, 1.165) is 0 Å². The minimum atomic E-state index is -0.657. The zero-order valence-corrected chi connectivity index (χ0v) is 11.8. The molecule has 0 aromatic heterocycles. The van der Waals surface area contributed by atoms with Gasteiger partial charge in [-0.1, -0.05) is 12.1 Å². The molecule has 2 aromatic rings. The van der Waals surface area contributed by atoms with Crippen molar-refractivity contribution in [3.8, 4) is 0 Å². The van der Waals surface area contributed by atoms with Crippen molar-refractivity contribution in [2.75, 3.05) is 19.0 Å². The summed E-state index contributed by atoms with van der Waals surface area (Å²) in [5, 5.41) is 3.00. The fraction of sp³-hybridized carbons (Fsp3) is 0.125.